The normalized spacial score (nSPS) is 13.3. The molecule has 1 atom stereocenters. The summed E-state index contributed by atoms with van der Waals surface area (Å²) in [5.74, 6) is -3.14. The summed E-state index contributed by atoms with van der Waals surface area (Å²) in [4.78, 5) is 10.6. The number of carboxylic acids is 1. The van der Waals surface area contributed by atoms with Crippen molar-refractivity contribution in [1.82, 2.24) is 4.72 Å². The molecule has 18 heavy (non-hydrogen) atoms. The van der Waals surface area contributed by atoms with E-state index in [9.17, 15) is 22.0 Å². The van der Waals surface area contributed by atoms with Crippen LogP contribution >= 0.6 is 0 Å². The van der Waals surface area contributed by atoms with E-state index >= 15 is 0 Å². The van der Waals surface area contributed by atoms with E-state index in [1.54, 1.807) is 0 Å². The van der Waals surface area contributed by atoms with Crippen LogP contribution in [0.15, 0.2) is 18.2 Å². The van der Waals surface area contributed by atoms with Crippen molar-refractivity contribution in [3.63, 3.8) is 0 Å². The second kappa shape index (κ2) is 5.40. The molecule has 0 aliphatic carbocycles. The Bertz CT molecular complexity index is 559. The molecule has 2 N–H and O–H groups in total. The summed E-state index contributed by atoms with van der Waals surface area (Å²) in [7, 11) is -3.72. The van der Waals surface area contributed by atoms with Gasteiger partial charge in [-0.25, -0.2) is 21.9 Å². The molecule has 0 heterocycles. The molecule has 8 heteroatoms. The lowest BCUT2D eigenvalue weighted by Crippen LogP contribution is -2.29. The molecule has 0 saturated carbocycles. The number of nitrogens with one attached hydrogen (secondary N) is 1. The first-order valence-electron chi connectivity index (χ1n) is 4.83. The van der Waals surface area contributed by atoms with Gasteiger partial charge in [0.25, 0.3) is 0 Å². The summed E-state index contributed by atoms with van der Waals surface area (Å²) in [6.07, 6.45) is 0.179. The van der Waals surface area contributed by atoms with Crippen molar-refractivity contribution in [2.75, 3.05) is 6.26 Å². The Labute approximate surface area is 102 Å². The van der Waals surface area contributed by atoms with Gasteiger partial charge < -0.3 is 5.11 Å². The third-order valence-corrected chi connectivity index (χ3v) is 2.79. The van der Waals surface area contributed by atoms with Crippen LogP contribution in [0.5, 0.6) is 0 Å². The molecule has 1 aromatic carbocycles. The van der Waals surface area contributed by atoms with Crippen LogP contribution in [0.1, 0.15) is 18.0 Å². The fraction of sp³-hybridized carbons (Fsp3) is 0.300. The summed E-state index contributed by atoms with van der Waals surface area (Å²) in [6, 6.07) is 1.22. The van der Waals surface area contributed by atoms with Gasteiger partial charge in [-0.05, 0) is 6.07 Å². The highest BCUT2D eigenvalue weighted by molar-refractivity contribution is 7.88. The lowest BCUT2D eigenvalue weighted by atomic mass is 10.0. The Hall–Kier alpha value is -1.54. The standard InChI is InChI=1S/C10H11F2NO4S/c1-18(16,17)13-9(5-10(14)15)7-3-2-6(11)4-8(7)12/h2-4,9,13H,5H2,1H3,(H,14,15)/t9-/m1/s1. The summed E-state index contributed by atoms with van der Waals surface area (Å²) in [5.41, 5.74) is -0.218. The number of aliphatic carboxylic acids is 1. The van der Waals surface area contributed by atoms with Crippen molar-refractivity contribution in [2.45, 2.75) is 12.5 Å². The number of hydrogen-bond acceptors (Lipinski definition) is 3. The van der Waals surface area contributed by atoms with Crippen LogP contribution in [-0.2, 0) is 14.8 Å². The van der Waals surface area contributed by atoms with Gasteiger partial charge in [0.2, 0.25) is 10.0 Å². The van der Waals surface area contributed by atoms with Crippen LogP contribution in [0.2, 0.25) is 0 Å². The zero-order chi connectivity index (χ0) is 13.9. The molecular formula is C10H11F2NO4S. The lowest BCUT2D eigenvalue weighted by Gasteiger charge is -2.16. The molecule has 5 nitrogen and oxygen atoms in total. The van der Waals surface area contributed by atoms with Crippen molar-refractivity contribution < 1.29 is 27.1 Å². The van der Waals surface area contributed by atoms with Crippen molar-refractivity contribution in [3.05, 3.63) is 35.4 Å². The minimum absolute atomic E-state index is 0.218. The first-order valence-corrected chi connectivity index (χ1v) is 6.72. The van der Waals surface area contributed by atoms with Gasteiger partial charge in [0.15, 0.2) is 0 Å². The Balaban J connectivity index is 3.12. The predicted octanol–water partition coefficient (Wildman–Crippen LogP) is 1.03. The van der Waals surface area contributed by atoms with Gasteiger partial charge >= 0.3 is 5.97 Å². The van der Waals surface area contributed by atoms with Crippen molar-refractivity contribution in [3.8, 4) is 0 Å². The summed E-state index contributed by atoms with van der Waals surface area (Å²) in [5, 5.41) is 8.66. The average molecular weight is 279 g/mol. The van der Waals surface area contributed by atoms with Crippen LogP contribution in [0.4, 0.5) is 8.78 Å². The van der Waals surface area contributed by atoms with E-state index in [1.165, 1.54) is 0 Å². The van der Waals surface area contributed by atoms with Crippen molar-refractivity contribution in [1.29, 1.82) is 0 Å². The number of carboxylic acid groups (broad SMARTS) is 1. The maximum Gasteiger partial charge on any atom is 0.305 e. The smallest absolute Gasteiger partial charge is 0.305 e. The van der Waals surface area contributed by atoms with Gasteiger partial charge in [0, 0.05) is 11.6 Å². The molecule has 0 fully saturated rings. The minimum Gasteiger partial charge on any atom is -0.481 e. The highest BCUT2D eigenvalue weighted by Gasteiger charge is 2.22. The molecule has 1 rings (SSSR count). The summed E-state index contributed by atoms with van der Waals surface area (Å²) in [6.45, 7) is 0. The number of rotatable bonds is 5. The molecule has 0 unspecified atom stereocenters. The number of hydrogen-bond donors (Lipinski definition) is 2. The maximum atomic E-state index is 13.5. The first-order chi connectivity index (χ1) is 8.19. The molecule has 0 bridgehead atoms. The van der Waals surface area contributed by atoms with Crippen LogP contribution < -0.4 is 4.72 Å². The van der Waals surface area contributed by atoms with E-state index in [0.29, 0.717) is 6.07 Å². The van der Waals surface area contributed by atoms with E-state index in [2.05, 4.69) is 0 Å². The Kier molecular flexibility index (Phi) is 4.36. The zero-order valence-electron chi connectivity index (χ0n) is 9.35. The third kappa shape index (κ3) is 4.38. The quantitative estimate of drug-likeness (QED) is 0.843. The number of benzene rings is 1. The summed E-state index contributed by atoms with van der Waals surface area (Å²) < 4.78 is 50.3. The van der Waals surface area contributed by atoms with Crippen molar-refractivity contribution >= 4 is 16.0 Å². The average Bonchev–Trinajstić information content (AvgIpc) is 2.12. The Morgan fingerprint density at radius 3 is 2.50 bits per heavy atom. The van der Waals surface area contributed by atoms with Gasteiger partial charge in [-0.1, -0.05) is 6.07 Å². The van der Waals surface area contributed by atoms with E-state index in [4.69, 9.17) is 5.11 Å². The second-order valence-electron chi connectivity index (χ2n) is 3.71. The largest absolute Gasteiger partial charge is 0.481 e. The van der Waals surface area contributed by atoms with E-state index in [1.807, 2.05) is 4.72 Å². The number of carbonyl (C=O) groups is 1. The lowest BCUT2D eigenvalue weighted by molar-refractivity contribution is -0.137. The zero-order valence-corrected chi connectivity index (χ0v) is 10.2. The molecule has 100 valence electrons. The number of sulfonamides is 1. The molecule has 1 aromatic rings. The fourth-order valence-electron chi connectivity index (χ4n) is 1.43. The Morgan fingerprint density at radius 2 is 2.06 bits per heavy atom. The SMILES string of the molecule is CS(=O)(=O)N[C@H](CC(=O)O)c1ccc(F)cc1F. The van der Waals surface area contributed by atoms with Crippen LogP contribution in [0, 0.1) is 11.6 Å². The first kappa shape index (κ1) is 14.5. The molecule has 0 radical (unpaired) electrons. The molecule has 0 amide bonds. The predicted molar refractivity (Wildman–Crippen MR) is 59.3 cm³/mol. The van der Waals surface area contributed by atoms with Crippen LogP contribution in [0.25, 0.3) is 0 Å². The third-order valence-electron chi connectivity index (χ3n) is 2.07. The molecular weight excluding hydrogens is 268 g/mol. The highest BCUT2D eigenvalue weighted by atomic mass is 32.2. The maximum absolute atomic E-state index is 13.5. The highest BCUT2D eigenvalue weighted by Crippen LogP contribution is 2.21. The molecule has 0 spiro atoms. The van der Waals surface area contributed by atoms with Gasteiger partial charge in [-0.15, -0.1) is 0 Å². The molecule has 0 aromatic heterocycles. The van der Waals surface area contributed by atoms with Crippen LogP contribution in [-0.4, -0.2) is 25.7 Å². The van der Waals surface area contributed by atoms with Crippen molar-refractivity contribution in [2.24, 2.45) is 0 Å². The van der Waals surface area contributed by atoms with Gasteiger partial charge in [-0.3, -0.25) is 4.79 Å². The fourth-order valence-corrected chi connectivity index (χ4v) is 2.16. The molecule has 0 aliphatic rings. The van der Waals surface area contributed by atoms with E-state index < -0.39 is 40.1 Å². The monoisotopic (exact) mass is 279 g/mol. The molecule has 0 aliphatic heterocycles. The second-order valence-corrected chi connectivity index (χ2v) is 5.49. The topological polar surface area (TPSA) is 83.5 Å². The van der Waals surface area contributed by atoms with E-state index in [-0.39, 0.29) is 5.56 Å². The van der Waals surface area contributed by atoms with Gasteiger partial charge in [0.05, 0.1) is 18.7 Å². The van der Waals surface area contributed by atoms with Crippen LogP contribution in [0.3, 0.4) is 0 Å². The van der Waals surface area contributed by atoms with Gasteiger partial charge in [0.1, 0.15) is 11.6 Å². The summed E-state index contributed by atoms with van der Waals surface area (Å²) >= 11 is 0. The Morgan fingerprint density at radius 1 is 1.44 bits per heavy atom. The van der Waals surface area contributed by atoms with E-state index in [0.717, 1.165) is 18.4 Å². The van der Waals surface area contributed by atoms with Gasteiger partial charge in [-0.2, -0.15) is 0 Å². The molecule has 0 saturated heterocycles. The minimum atomic E-state index is -3.72. The number of halogens is 2.